The van der Waals surface area contributed by atoms with Crippen molar-refractivity contribution in [3.63, 3.8) is 0 Å². The van der Waals surface area contributed by atoms with E-state index in [-0.39, 0.29) is 33.9 Å². The minimum Gasteiger partial charge on any atom is -0.504 e. The van der Waals surface area contributed by atoms with Crippen LogP contribution in [0.5, 0.6) is 23.0 Å². The molecular formula is C18H17BrO6. The van der Waals surface area contributed by atoms with E-state index in [0.717, 1.165) is 0 Å². The van der Waals surface area contributed by atoms with Gasteiger partial charge in [-0.25, -0.2) is 0 Å². The fourth-order valence-corrected chi connectivity index (χ4v) is 2.93. The van der Waals surface area contributed by atoms with Crippen LogP contribution >= 0.6 is 15.9 Å². The Morgan fingerprint density at radius 1 is 1.08 bits per heavy atom. The molecule has 2 rings (SSSR count). The fraction of sp³-hybridized carbons (Fsp3) is 0.222. The topological polar surface area (TPSA) is 82.1 Å². The molecule has 132 valence electrons. The summed E-state index contributed by atoms with van der Waals surface area (Å²) in [7, 11) is 4.11. The molecule has 2 aromatic carbocycles. The number of halogens is 1. The minimum absolute atomic E-state index is 0.00773. The van der Waals surface area contributed by atoms with E-state index in [0.29, 0.717) is 22.1 Å². The number of ether oxygens (including phenoxy) is 3. The summed E-state index contributed by atoms with van der Waals surface area (Å²) in [6, 6.07) is 4.58. The van der Waals surface area contributed by atoms with Crippen molar-refractivity contribution in [3.05, 3.63) is 44.9 Å². The molecule has 0 aliphatic carbocycles. The summed E-state index contributed by atoms with van der Waals surface area (Å²) >= 11 is 3.39. The zero-order valence-corrected chi connectivity index (χ0v) is 15.8. The number of aromatic hydroxyl groups is 1. The van der Waals surface area contributed by atoms with Crippen LogP contribution in [-0.4, -0.2) is 38.5 Å². The maximum absolute atomic E-state index is 13.3. The third-order valence-corrected chi connectivity index (χ3v) is 4.68. The number of benzene rings is 2. The largest absolute Gasteiger partial charge is 0.504 e. The van der Waals surface area contributed by atoms with E-state index in [1.165, 1.54) is 27.4 Å². The standard InChI is InChI=1S/C18H17BrO6/c1-9-11(19)5-6-13(23-2)14(9)16(22)15-10(8-20)7-12(21)17(24-3)18(15)25-4/h5-8,21H,1-4H3. The van der Waals surface area contributed by atoms with Gasteiger partial charge in [0.05, 0.1) is 32.5 Å². The molecule has 0 amide bonds. The predicted octanol–water partition coefficient (Wildman–Crippen LogP) is 3.53. The highest BCUT2D eigenvalue weighted by Crippen LogP contribution is 2.43. The van der Waals surface area contributed by atoms with E-state index in [1.54, 1.807) is 19.1 Å². The summed E-state index contributed by atoms with van der Waals surface area (Å²) in [5.74, 6) is -0.459. The number of hydrogen-bond donors (Lipinski definition) is 1. The number of phenols is 1. The van der Waals surface area contributed by atoms with E-state index in [2.05, 4.69) is 15.9 Å². The molecular weight excluding hydrogens is 392 g/mol. The van der Waals surface area contributed by atoms with Gasteiger partial charge < -0.3 is 19.3 Å². The van der Waals surface area contributed by atoms with Crippen molar-refractivity contribution in [2.75, 3.05) is 21.3 Å². The van der Waals surface area contributed by atoms with E-state index in [9.17, 15) is 14.7 Å². The molecule has 0 saturated carbocycles. The second-order valence-corrected chi connectivity index (χ2v) is 5.98. The second kappa shape index (κ2) is 7.57. The molecule has 1 N–H and O–H groups in total. The Labute approximate surface area is 153 Å². The van der Waals surface area contributed by atoms with Gasteiger partial charge in [0.2, 0.25) is 11.5 Å². The van der Waals surface area contributed by atoms with Crippen molar-refractivity contribution in [2.45, 2.75) is 6.92 Å². The number of phenolic OH excluding ortho intramolecular Hbond substituents is 1. The molecule has 7 heteroatoms. The van der Waals surface area contributed by atoms with Crippen LogP contribution in [0.2, 0.25) is 0 Å². The third kappa shape index (κ3) is 3.19. The normalized spacial score (nSPS) is 10.3. The molecule has 0 bridgehead atoms. The highest BCUT2D eigenvalue weighted by molar-refractivity contribution is 9.10. The first-order chi connectivity index (χ1) is 11.9. The minimum atomic E-state index is -0.479. The van der Waals surface area contributed by atoms with Crippen LogP contribution in [0.25, 0.3) is 0 Å². The monoisotopic (exact) mass is 408 g/mol. The van der Waals surface area contributed by atoms with Crippen LogP contribution in [0, 0.1) is 6.92 Å². The first-order valence-corrected chi connectivity index (χ1v) is 8.01. The van der Waals surface area contributed by atoms with Crippen LogP contribution in [0.15, 0.2) is 22.7 Å². The van der Waals surface area contributed by atoms with Crippen molar-refractivity contribution in [2.24, 2.45) is 0 Å². The van der Waals surface area contributed by atoms with E-state index < -0.39 is 5.78 Å². The Balaban J connectivity index is 2.85. The average molecular weight is 409 g/mol. The second-order valence-electron chi connectivity index (χ2n) is 5.12. The molecule has 0 aliphatic heterocycles. The number of carbonyl (C=O) groups excluding carboxylic acids is 2. The van der Waals surface area contributed by atoms with E-state index in [4.69, 9.17) is 14.2 Å². The fourth-order valence-electron chi connectivity index (χ4n) is 2.60. The van der Waals surface area contributed by atoms with Crippen LogP contribution in [-0.2, 0) is 0 Å². The molecule has 0 unspecified atom stereocenters. The smallest absolute Gasteiger partial charge is 0.203 e. The van der Waals surface area contributed by atoms with Gasteiger partial charge in [-0.15, -0.1) is 0 Å². The van der Waals surface area contributed by atoms with Gasteiger partial charge in [-0.05, 0) is 30.7 Å². The first kappa shape index (κ1) is 18.8. The Bertz CT molecular complexity index is 844. The highest BCUT2D eigenvalue weighted by atomic mass is 79.9. The van der Waals surface area contributed by atoms with Crippen molar-refractivity contribution >= 4 is 28.0 Å². The number of carbonyl (C=O) groups is 2. The molecule has 0 aromatic heterocycles. The maximum atomic E-state index is 13.3. The van der Waals surface area contributed by atoms with Crippen molar-refractivity contribution in [3.8, 4) is 23.0 Å². The van der Waals surface area contributed by atoms with Gasteiger partial charge in [-0.3, -0.25) is 9.59 Å². The number of ketones is 1. The summed E-state index contributed by atoms with van der Waals surface area (Å²) < 4.78 is 16.4. The summed E-state index contributed by atoms with van der Waals surface area (Å²) in [5, 5.41) is 10.0. The lowest BCUT2D eigenvalue weighted by Crippen LogP contribution is -2.12. The molecule has 0 aliphatic rings. The Morgan fingerprint density at radius 3 is 2.24 bits per heavy atom. The van der Waals surface area contributed by atoms with Gasteiger partial charge >= 0.3 is 0 Å². The first-order valence-electron chi connectivity index (χ1n) is 7.22. The van der Waals surface area contributed by atoms with Gasteiger partial charge in [-0.1, -0.05) is 15.9 Å². The molecule has 0 spiro atoms. The lowest BCUT2D eigenvalue weighted by atomic mass is 9.93. The molecule has 0 atom stereocenters. The van der Waals surface area contributed by atoms with Crippen molar-refractivity contribution in [1.29, 1.82) is 0 Å². The molecule has 0 fully saturated rings. The highest BCUT2D eigenvalue weighted by Gasteiger charge is 2.28. The molecule has 0 heterocycles. The lowest BCUT2D eigenvalue weighted by molar-refractivity contribution is 0.102. The molecule has 0 saturated heterocycles. The van der Waals surface area contributed by atoms with Gasteiger partial charge in [-0.2, -0.15) is 0 Å². The van der Waals surface area contributed by atoms with E-state index in [1.807, 2.05) is 0 Å². The van der Waals surface area contributed by atoms with Crippen molar-refractivity contribution < 1.29 is 28.9 Å². The lowest BCUT2D eigenvalue weighted by Gasteiger charge is -2.18. The zero-order chi connectivity index (χ0) is 18.7. The molecule has 2 aromatic rings. The van der Waals surface area contributed by atoms with Crippen molar-refractivity contribution in [1.82, 2.24) is 0 Å². The van der Waals surface area contributed by atoms with Gasteiger partial charge in [0.25, 0.3) is 0 Å². The summed E-state index contributed by atoms with van der Waals surface area (Å²) in [4.78, 5) is 24.8. The van der Waals surface area contributed by atoms with Gasteiger partial charge in [0.1, 0.15) is 5.75 Å². The zero-order valence-electron chi connectivity index (χ0n) is 14.2. The summed E-state index contributed by atoms with van der Waals surface area (Å²) in [6.07, 6.45) is 0.481. The molecule has 0 radical (unpaired) electrons. The molecule has 25 heavy (non-hydrogen) atoms. The Morgan fingerprint density at radius 2 is 1.72 bits per heavy atom. The Hall–Kier alpha value is -2.54. The number of aldehydes is 1. The quantitative estimate of drug-likeness (QED) is 0.581. The van der Waals surface area contributed by atoms with Crippen LogP contribution in [0.1, 0.15) is 31.8 Å². The SMILES string of the molecule is COc1ccc(Br)c(C)c1C(=O)c1c(C=O)cc(O)c(OC)c1OC. The summed E-state index contributed by atoms with van der Waals surface area (Å²) in [6.45, 7) is 1.75. The van der Waals surface area contributed by atoms with E-state index >= 15 is 0 Å². The van der Waals surface area contributed by atoms with Gasteiger partial charge in [0.15, 0.2) is 17.8 Å². The third-order valence-electron chi connectivity index (χ3n) is 3.82. The maximum Gasteiger partial charge on any atom is 0.203 e. The van der Waals surface area contributed by atoms with Crippen LogP contribution in [0.4, 0.5) is 0 Å². The van der Waals surface area contributed by atoms with Gasteiger partial charge in [0, 0.05) is 10.0 Å². The molecule has 6 nitrogen and oxygen atoms in total. The number of hydrogen-bond acceptors (Lipinski definition) is 6. The van der Waals surface area contributed by atoms with Crippen LogP contribution in [0.3, 0.4) is 0 Å². The predicted molar refractivity (Wildman–Crippen MR) is 95.5 cm³/mol. The number of rotatable bonds is 6. The summed E-state index contributed by atoms with van der Waals surface area (Å²) in [5.41, 5.74) is 0.912. The average Bonchev–Trinajstić information content (AvgIpc) is 2.61. The number of methoxy groups -OCH3 is 3. The van der Waals surface area contributed by atoms with Crippen LogP contribution < -0.4 is 14.2 Å². The Kier molecular flexibility index (Phi) is 5.69.